The van der Waals surface area contributed by atoms with E-state index in [1.165, 1.54) is 11.3 Å². The number of pyridine rings is 1. The predicted molar refractivity (Wildman–Crippen MR) is 145 cm³/mol. The molecule has 0 radical (unpaired) electrons. The minimum absolute atomic E-state index is 0.136. The van der Waals surface area contributed by atoms with E-state index < -0.39 is 0 Å². The number of para-hydroxylation sites is 2. The Morgan fingerprint density at radius 3 is 2.61 bits per heavy atom. The van der Waals surface area contributed by atoms with Crippen LogP contribution in [0, 0.1) is 0 Å². The molecule has 190 valence electrons. The normalized spacial score (nSPS) is 11.2. The zero-order valence-corrected chi connectivity index (χ0v) is 21.8. The Bertz CT molecular complexity index is 1410. The van der Waals surface area contributed by atoms with Crippen LogP contribution in [0.25, 0.3) is 21.0 Å². The first kappa shape index (κ1) is 25.7. The van der Waals surface area contributed by atoms with Crippen molar-refractivity contribution in [3.05, 3.63) is 69.3 Å². The smallest absolute Gasteiger partial charge is 0.265 e. The summed E-state index contributed by atoms with van der Waals surface area (Å²) in [6, 6.07) is 15.4. The van der Waals surface area contributed by atoms with Crippen LogP contribution >= 0.6 is 11.3 Å². The fourth-order valence-corrected chi connectivity index (χ4v) is 5.41. The lowest BCUT2D eigenvalue weighted by atomic mass is 10.1. The van der Waals surface area contributed by atoms with Crippen LogP contribution in [0.3, 0.4) is 0 Å². The molecule has 4 rings (SSSR count). The van der Waals surface area contributed by atoms with E-state index in [9.17, 15) is 9.59 Å². The number of nitrogens with zero attached hydrogens (tertiary/aromatic N) is 1. The number of carbonyl (C=O) groups excluding carboxylic acids is 1. The second-order valence-electron chi connectivity index (χ2n) is 8.33. The van der Waals surface area contributed by atoms with Gasteiger partial charge in [0.15, 0.2) is 5.75 Å². The fraction of sp³-hybridized carbons (Fsp3) is 0.357. The topological polar surface area (TPSA) is 78.8 Å². The number of hydrogen-bond donors (Lipinski definition) is 1. The third kappa shape index (κ3) is 5.24. The fourth-order valence-electron chi connectivity index (χ4n) is 4.22. The number of hydrogen-bond acceptors (Lipinski definition) is 6. The molecule has 0 aliphatic carbocycles. The van der Waals surface area contributed by atoms with Crippen molar-refractivity contribution in [2.45, 2.75) is 39.8 Å². The predicted octanol–water partition coefficient (Wildman–Crippen LogP) is 5.37. The second-order valence-corrected chi connectivity index (χ2v) is 9.35. The number of aryl methyl sites for hydroxylation is 1. The van der Waals surface area contributed by atoms with Gasteiger partial charge < -0.3 is 24.1 Å². The molecule has 36 heavy (non-hydrogen) atoms. The van der Waals surface area contributed by atoms with E-state index in [-0.39, 0.29) is 24.6 Å². The number of methoxy groups -OCH3 is 1. The minimum atomic E-state index is -0.294. The molecule has 1 N–H and O–H groups in total. The molecule has 4 aromatic rings. The molecule has 0 saturated carbocycles. The van der Waals surface area contributed by atoms with Crippen LogP contribution < -0.4 is 20.3 Å². The lowest BCUT2D eigenvalue weighted by Crippen LogP contribution is -2.24. The molecule has 0 fully saturated rings. The quantitative estimate of drug-likeness (QED) is 0.260. The number of rotatable bonds is 12. The summed E-state index contributed by atoms with van der Waals surface area (Å²) < 4.78 is 19.5. The number of unbranched alkanes of at least 4 members (excludes halogenated alkanes) is 1. The number of carbonyl (C=O) groups is 1. The third-order valence-corrected chi connectivity index (χ3v) is 7.22. The van der Waals surface area contributed by atoms with Crippen molar-refractivity contribution in [1.29, 1.82) is 0 Å². The summed E-state index contributed by atoms with van der Waals surface area (Å²) in [6.07, 6.45) is 1.85. The van der Waals surface area contributed by atoms with Crippen molar-refractivity contribution < 1.29 is 19.0 Å². The average Bonchev–Trinajstić information content (AvgIpc) is 3.30. The summed E-state index contributed by atoms with van der Waals surface area (Å²) in [6.45, 7) is 6.08. The maximum Gasteiger partial charge on any atom is 0.265 e. The molecule has 2 aromatic heterocycles. The highest BCUT2D eigenvalue weighted by atomic mass is 32.1. The molecule has 0 saturated heterocycles. The van der Waals surface area contributed by atoms with Crippen LogP contribution in [0.5, 0.6) is 11.5 Å². The van der Waals surface area contributed by atoms with E-state index in [1.807, 2.05) is 55.5 Å². The molecule has 2 heterocycles. The van der Waals surface area contributed by atoms with Crippen LogP contribution in [0.4, 0.5) is 0 Å². The first-order valence-electron chi connectivity index (χ1n) is 12.3. The highest BCUT2D eigenvalue weighted by Gasteiger charge is 2.25. The van der Waals surface area contributed by atoms with Crippen LogP contribution in [-0.2, 0) is 17.8 Å². The molecule has 8 heteroatoms. The van der Waals surface area contributed by atoms with Gasteiger partial charge in [-0.25, -0.2) is 0 Å². The molecule has 0 unspecified atom stereocenters. The summed E-state index contributed by atoms with van der Waals surface area (Å²) in [5.74, 6) is 0.734. The summed E-state index contributed by atoms with van der Waals surface area (Å²) in [7, 11) is 1.60. The summed E-state index contributed by atoms with van der Waals surface area (Å²) >= 11 is 1.29. The van der Waals surface area contributed by atoms with Crippen LogP contribution in [-0.4, -0.2) is 37.4 Å². The zero-order valence-electron chi connectivity index (χ0n) is 21.0. The van der Waals surface area contributed by atoms with Crippen molar-refractivity contribution in [2.24, 2.45) is 0 Å². The number of benzene rings is 2. The van der Waals surface area contributed by atoms with E-state index in [1.54, 1.807) is 11.7 Å². The third-order valence-electron chi connectivity index (χ3n) is 6.01. The van der Waals surface area contributed by atoms with Gasteiger partial charge in [0.2, 0.25) is 0 Å². The minimum Gasteiger partial charge on any atom is -0.496 e. The van der Waals surface area contributed by atoms with Crippen LogP contribution in [0.15, 0.2) is 53.3 Å². The monoisotopic (exact) mass is 508 g/mol. The molecule has 1 amide bonds. The Morgan fingerprint density at radius 1 is 1.06 bits per heavy atom. The lowest BCUT2D eigenvalue weighted by molar-refractivity contribution is 0.0940. The van der Waals surface area contributed by atoms with Gasteiger partial charge in [0.1, 0.15) is 22.6 Å². The molecule has 2 aromatic carbocycles. The molecule has 0 spiro atoms. The Morgan fingerprint density at radius 2 is 1.83 bits per heavy atom. The summed E-state index contributed by atoms with van der Waals surface area (Å²) in [5.41, 5.74) is 1.59. The van der Waals surface area contributed by atoms with Crippen LogP contribution in [0.2, 0.25) is 0 Å². The first-order chi connectivity index (χ1) is 17.6. The Hall–Kier alpha value is -3.36. The van der Waals surface area contributed by atoms with E-state index in [4.69, 9.17) is 14.2 Å². The number of amides is 1. The van der Waals surface area contributed by atoms with Crippen molar-refractivity contribution in [3.8, 4) is 11.5 Å². The van der Waals surface area contributed by atoms with Gasteiger partial charge in [-0.3, -0.25) is 9.59 Å². The first-order valence-corrected chi connectivity index (χ1v) is 13.1. The maximum atomic E-state index is 13.8. The van der Waals surface area contributed by atoms with Gasteiger partial charge in [-0.05, 0) is 25.5 Å². The molecular weight excluding hydrogens is 476 g/mol. The van der Waals surface area contributed by atoms with Crippen molar-refractivity contribution in [1.82, 2.24) is 9.88 Å². The summed E-state index contributed by atoms with van der Waals surface area (Å²) in [4.78, 5) is 27.6. The lowest BCUT2D eigenvalue weighted by Gasteiger charge is -2.12. The van der Waals surface area contributed by atoms with Crippen molar-refractivity contribution >= 4 is 38.2 Å². The Labute approximate surface area is 214 Å². The number of thiophene rings is 1. The van der Waals surface area contributed by atoms with Gasteiger partial charge >= 0.3 is 0 Å². The number of ether oxygens (including phenoxy) is 3. The van der Waals surface area contributed by atoms with Crippen molar-refractivity contribution in [3.63, 3.8) is 0 Å². The Balaban J connectivity index is 1.80. The van der Waals surface area contributed by atoms with Crippen LogP contribution in [0.1, 0.15) is 41.9 Å². The number of nitrogens with one attached hydrogen (secondary N) is 1. The van der Waals surface area contributed by atoms with Gasteiger partial charge in [0.25, 0.3) is 11.5 Å². The van der Waals surface area contributed by atoms with Crippen molar-refractivity contribution in [2.75, 3.05) is 26.9 Å². The molecule has 7 nitrogen and oxygen atoms in total. The Kier molecular flexibility index (Phi) is 8.61. The second kappa shape index (κ2) is 12.1. The zero-order chi connectivity index (χ0) is 25.5. The SMILES string of the molecule is CCCCn1c(=O)c2c(OCCOCC)c(C(=O)NCc3ccccc3OC)sc2c2ccccc21. The van der Waals surface area contributed by atoms with Gasteiger partial charge in [-0.2, -0.15) is 0 Å². The van der Waals surface area contributed by atoms with Gasteiger partial charge in [0.05, 0.1) is 23.9 Å². The van der Waals surface area contributed by atoms with Gasteiger partial charge in [-0.15, -0.1) is 11.3 Å². The van der Waals surface area contributed by atoms with E-state index >= 15 is 0 Å². The van der Waals surface area contributed by atoms with E-state index in [0.717, 1.165) is 34.0 Å². The van der Waals surface area contributed by atoms with Gasteiger partial charge in [-0.1, -0.05) is 49.7 Å². The summed E-state index contributed by atoms with van der Waals surface area (Å²) in [5, 5.41) is 4.37. The molecule has 0 atom stereocenters. The molecular formula is C28H32N2O5S. The number of fused-ring (bicyclic) bond motifs is 3. The highest BCUT2D eigenvalue weighted by Crippen LogP contribution is 2.40. The average molecular weight is 509 g/mol. The number of aromatic nitrogens is 1. The maximum absolute atomic E-state index is 13.8. The molecule has 0 aliphatic heterocycles. The molecule has 0 bridgehead atoms. The highest BCUT2D eigenvalue weighted by molar-refractivity contribution is 7.22. The standard InChI is InChI=1S/C28H32N2O5S/c1-4-6-15-30-21-13-9-8-12-20(21)25-23(28(30)32)24(35-17-16-34-5-2)26(36-25)27(31)29-18-19-11-7-10-14-22(19)33-3/h7-14H,4-6,15-18H2,1-3H3,(H,29,31). The van der Waals surface area contributed by atoms with E-state index in [2.05, 4.69) is 12.2 Å². The van der Waals surface area contributed by atoms with Gasteiger partial charge in [0, 0.05) is 30.6 Å². The molecule has 0 aliphatic rings. The largest absolute Gasteiger partial charge is 0.496 e. The van der Waals surface area contributed by atoms with E-state index in [0.29, 0.717) is 41.5 Å².